The number of hydrogen-bond acceptors (Lipinski definition) is 4. The summed E-state index contributed by atoms with van der Waals surface area (Å²) in [5.74, 6) is -0.0135. The van der Waals surface area contributed by atoms with E-state index in [9.17, 15) is 9.59 Å². The number of anilines is 1. The van der Waals surface area contributed by atoms with Crippen LogP contribution < -0.4 is 16.0 Å². The third-order valence-corrected chi connectivity index (χ3v) is 5.62. The van der Waals surface area contributed by atoms with Gasteiger partial charge in [-0.25, -0.2) is 0 Å². The first-order valence-electron chi connectivity index (χ1n) is 9.21. The normalized spacial score (nSPS) is 23.0. The molecule has 1 aromatic carbocycles. The highest BCUT2D eigenvalue weighted by Gasteiger charge is 2.34. The molecule has 3 N–H and O–H groups in total. The molecule has 2 aromatic rings. The Bertz CT molecular complexity index is 871. The zero-order valence-electron chi connectivity index (χ0n) is 15.5. The molecular weight excluding hydrogens is 401 g/mol. The first-order valence-corrected chi connectivity index (χ1v) is 9.59. The molecule has 0 aliphatic carbocycles. The second kappa shape index (κ2) is 8.55. The van der Waals surface area contributed by atoms with Crippen LogP contribution in [0.3, 0.4) is 0 Å². The lowest BCUT2D eigenvalue weighted by atomic mass is 9.99. The molecule has 2 fully saturated rings. The maximum Gasteiger partial charge on any atom is 0.259 e. The predicted molar refractivity (Wildman–Crippen MR) is 111 cm³/mol. The maximum absolute atomic E-state index is 12.9. The molecule has 2 amide bonds. The molecule has 2 saturated heterocycles. The van der Waals surface area contributed by atoms with Gasteiger partial charge in [-0.05, 0) is 56.9 Å². The van der Waals surface area contributed by atoms with Crippen LogP contribution in [0.4, 0.5) is 5.69 Å². The number of furan rings is 1. The smallest absolute Gasteiger partial charge is 0.259 e. The molecule has 0 spiro atoms. The number of benzene rings is 1. The lowest BCUT2D eigenvalue weighted by Crippen LogP contribution is -2.48. The lowest BCUT2D eigenvalue weighted by molar-refractivity contribution is 0.0925. The van der Waals surface area contributed by atoms with Gasteiger partial charge in [0.05, 0.1) is 23.1 Å². The average Bonchev–Trinajstić information content (AvgIpc) is 3.20. The molecule has 2 aliphatic rings. The fourth-order valence-electron chi connectivity index (χ4n) is 4.07. The fraction of sp³-hybridized carbons (Fsp3) is 0.400. The standard InChI is InChI=1S/C20H22ClN3O3.ClH/c1-11-16(6-7-27-11)19(25)24-18-8-12(21)2-5-17(18)20(26)23-15-9-13-3-4-14(10-15)22-13;/h2,5-8,13-15,22H,3-4,9-10H2,1H3,(H,23,26)(H,24,25);1H. The third kappa shape index (κ3) is 4.35. The minimum Gasteiger partial charge on any atom is -0.469 e. The van der Waals surface area contributed by atoms with Gasteiger partial charge in [-0.1, -0.05) is 11.6 Å². The number of fused-ring (bicyclic) bond motifs is 2. The van der Waals surface area contributed by atoms with Gasteiger partial charge in [0.25, 0.3) is 11.8 Å². The molecule has 0 saturated carbocycles. The van der Waals surface area contributed by atoms with Crippen LogP contribution in [0.5, 0.6) is 0 Å². The van der Waals surface area contributed by atoms with E-state index in [-0.39, 0.29) is 30.3 Å². The van der Waals surface area contributed by atoms with Gasteiger partial charge in [-0.3, -0.25) is 9.59 Å². The van der Waals surface area contributed by atoms with E-state index < -0.39 is 0 Å². The maximum atomic E-state index is 12.9. The molecular formula is C20H23Cl2N3O3. The summed E-state index contributed by atoms with van der Waals surface area (Å²) >= 11 is 6.09. The molecule has 3 heterocycles. The number of amides is 2. The van der Waals surface area contributed by atoms with Crippen molar-refractivity contribution >= 4 is 41.5 Å². The number of piperidine rings is 1. The molecule has 2 unspecified atom stereocenters. The minimum absolute atomic E-state index is 0. The van der Waals surface area contributed by atoms with Crippen LogP contribution in [0.15, 0.2) is 34.9 Å². The topological polar surface area (TPSA) is 83.4 Å². The van der Waals surface area contributed by atoms with Crippen molar-refractivity contribution in [1.29, 1.82) is 0 Å². The van der Waals surface area contributed by atoms with Gasteiger partial charge in [0, 0.05) is 23.1 Å². The Morgan fingerprint density at radius 3 is 2.46 bits per heavy atom. The third-order valence-electron chi connectivity index (χ3n) is 5.39. The number of rotatable bonds is 4. The molecule has 2 aliphatic heterocycles. The van der Waals surface area contributed by atoms with E-state index in [4.69, 9.17) is 16.0 Å². The Hall–Kier alpha value is -2.02. The fourth-order valence-corrected chi connectivity index (χ4v) is 4.24. The number of nitrogens with one attached hydrogen (secondary N) is 3. The van der Waals surface area contributed by atoms with Gasteiger partial charge in [0.15, 0.2) is 0 Å². The number of carbonyl (C=O) groups is 2. The summed E-state index contributed by atoms with van der Waals surface area (Å²) in [6.07, 6.45) is 5.67. The SMILES string of the molecule is Cc1occc1C(=O)Nc1cc(Cl)ccc1C(=O)NC1CC2CCC(C1)N2.Cl. The van der Waals surface area contributed by atoms with Crippen LogP contribution in [0.2, 0.25) is 5.02 Å². The van der Waals surface area contributed by atoms with Gasteiger partial charge in [0.1, 0.15) is 5.76 Å². The zero-order chi connectivity index (χ0) is 19.0. The first kappa shape index (κ1) is 20.7. The van der Waals surface area contributed by atoms with Crippen LogP contribution in [0.1, 0.15) is 52.2 Å². The van der Waals surface area contributed by atoms with E-state index in [0.717, 1.165) is 12.8 Å². The van der Waals surface area contributed by atoms with Crippen molar-refractivity contribution in [2.75, 3.05) is 5.32 Å². The van der Waals surface area contributed by atoms with Crippen LogP contribution in [-0.4, -0.2) is 29.9 Å². The summed E-state index contributed by atoms with van der Waals surface area (Å²) in [5, 5.41) is 9.92. The molecule has 1 aromatic heterocycles. The van der Waals surface area contributed by atoms with Crippen LogP contribution in [0, 0.1) is 6.92 Å². The monoisotopic (exact) mass is 423 g/mol. The lowest BCUT2D eigenvalue weighted by Gasteiger charge is -2.29. The molecule has 2 atom stereocenters. The van der Waals surface area contributed by atoms with Crippen LogP contribution in [-0.2, 0) is 0 Å². The molecule has 6 nitrogen and oxygen atoms in total. The zero-order valence-corrected chi connectivity index (χ0v) is 17.0. The van der Waals surface area contributed by atoms with Gasteiger partial charge in [-0.15, -0.1) is 12.4 Å². The van der Waals surface area contributed by atoms with Gasteiger partial charge < -0.3 is 20.4 Å². The highest BCUT2D eigenvalue weighted by atomic mass is 35.5. The van der Waals surface area contributed by atoms with Crippen molar-refractivity contribution in [3.8, 4) is 0 Å². The summed E-state index contributed by atoms with van der Waals surface area (Å²) in [4.78, 5) is 25.4. The van der Waals surface area contributed by atoms with E-state index in [1.165, 1.54) is 19.1 Å². The summed E-state index contributed by atoms with van der Waals surface area (Å²) < 4.78 is 5.18. The van der Waals surface area contributed by atoms with E-state index in [1.807, 2.05) is 0 Å². The van der Waals surface area contributed by atoms with Crippen molar-refractivity contribution in [3.05, 3.63) is 52.4 Å². The predicted octanol–water partition coefficient (Wildman–Crippen LogP) is 3.93. The molecule has 0 radical (unpaired) electrons. The van der Waals surface area contributed by atoms with Gasteiger partial charge in [0.2, 0.25) is 0 Å². The number of halogens is 2. The van der Waals surface area contributed by atoms with Crippen LogP contribution in [0.25, 0.3) is 0 Å². The summed E-state index contributed by atoms with van der Waals surface area (Å²) in [6.45, 7) is 1.71. The first-order chi connectivity index (χ1) is 13.0. The van der Waals surface area contributed by atoms with Crippen LogP contribution >= 0.6 is 24.0 Å². The van der Waals surface area contributed by atoms with Gasteiger partial charge >= 0.3 is 0 Å². The van der Waals surface area contributed by atoms with Crippen molar-refractivity contribution < 1.29 is 14.0 Å². The molecule has 28 heavy (non-hydrogen) atoms. The van der Waals surface area contributed by atoms with Crippen molar-refractivity contribution in [1.82, 2.24) is 10.6 Å². The molecule has 8 heteroatoms. The summed E-state index contributed by atoms with van der Waals surface area (Å²) in [7, 11) is 0. The highest BCUT2D eigenvalue weighted by molar-refractivity contribution is 6.31. The van der Waals surface area contributed by atoms with Crippen molar-refractivity contribution in [2.24, 2.45) is 0 Å². The Morgan fingerprint density at radius 1 is 1.11 bits per heavy atom. The largest absolute Gasteiger partial charge is 0.469 e. The second-order valence-electron chi connectivity index (χ2n) is 7.31. The Kier molecular flexibility index (Phi) is 6.33. The summed E-state index contributed by atoms with van der Waals surface area (Å²) in [6, 6.07) is 7.61. The molecule has 150 valence electrons. The molecule has 4 rings (SSSR count). The Morgan fingerprint density at radius 2 is 1.82 bits per heavy atom. The number of carbonyl (C=O) groups excluding carboxylic acids is 2. The average molecular weight is 424 g/mol. The highest BCUT2D eigenvalue weighted by Crippen LogP contribution is 2.28. The van der Waals surface area contributed by atoms with Crippen molar-refractivity contribution in [3.63, 3.8) is 0 Å². The van der Waals surface area contributed by atoms with E-state index in [0.29, 0.717) is 39.7 Å². The van der Waals surface area contributed by atoms with Crippen molar-refractivity contribution in [2.45, 2.75) is 50.7 Å². The quantitative estimate of drug-likeness (QED) is 0.695. The summed E-state index contributed by atoms with van der Waals surface area (Å²) in [5.41, 5.74) is 1.22. The Balaban J connectivity index is 0.00000225. The second-order valence-corrected chi connectivity index (χ2v) is 7.75. The molecule has 2 bridgehead atoms. The van der Waals surface area contributed by atoms with E-state index in [1.54, 1.807) is 31.2 Å². The number of aryl methyl sites for hydroxylation is 1. The van der Waals surface area contributed by atoms with E-state index >= 15 is 0 Å². The number of hydrogen-bond donors (Lipinski definition) is 3. The van der Waals surface area contributed by atoms with Gasteiger partial charge in [-0.2, -0.15) is 0 Å². The minimum atomic E-state index is -0.336. The van der Waals surface area contributed by atoms with E-state index in [2.05, 4.69) is 16.0 Å². The Labute approximate surface area is 174 Å².